The van der Waals surface area contributed by atoms with Crippen LogP contribution >= 0.6 is 23.2 Å². The van der Waals surface area contributed by atoms with Gasteiger partial charge in [-0.2, -0.15) is 0 Å². The lowest BCUT2D eigenvalue weighted by Crippen LogP contribution is -1.75. The normalized spacial score (nSPS) is 8.78. The fraction of sp³-hybridized carbons (Fsp3) is 0. The highest BCUT2D eigenvalue weighted by molar-refractivity contribution is 6.32. The Kier molecular flexibility index (Phi) is 4.32. The first-order valence-electron chi connectivity index (χ1n) is 5.28. The van der Waals surface area contributed by atoms with Gasteiger partial charge in [-0.05, 0) is 36.1 Å². The molecule has 18 heavy (non-hydrogen) atoms. The van der Waals surface area contributed by atoms with E-state index in [1.807, 2.05) is 36.4 Å². The van der Waals surface area contributed by atoms with E-state index >= 15 is 0 Å². The Bertz CT molecular complexity index is 618. The van der Waals surface area contributed by atoms with Gasteiger partial charge in [0.1, 0.15) is 0 Å². The van der Waals surface area contributed by atoms with Crippen molar-refractivity contribution in [3.63, 3.8) is 0 Å². The highest BCUT2D eigenvalue weighted by Gasteiger charge is 1.93. The van der Waals surface area contributed by atoms with Gasteiger partial charge in [0.05, 0.1) is 10.0 Å². The van der Waals surface area contributed by atoms with E-state index in [1.165, 1.54) is 0 Å². The summed E-state index contributed by atoms with van der Waals surface area (Å²) in [7, 11) is 0. The van der Waals surface area contributed by atoms with E-state index in [9.17, 15) is 0 Å². The smallest absolute Gasteiger partial charge is 0.0562 e. The van der Waals surface area contributed by atoms with Crippen LogP contribution in [0.3, 0.4) is 0 Å². The molecular formula is C16H8Cl2. The molecule has 2 heteroatoms. The molecule has 2 aromatic rings. The summed E-state index contributed by atoms with van der Waals surface area (Å²) in [6, 6.07) is 14.8. The van der Waals surface area contributed by atoms with Crippen LogP contribution < -0.4 is 0 Å². The quantitative estimate of drug-likeness (QED) is 0.623. The second-order valence-electron chi connectivity index (χ2n) is 3.46. The summed E-state index contributed by atoms with van der Waals surface area (Å²) in [5, 5.41) is 1.26. The molecule has 0 aromatic heterocycles. The van der Waals surface area contributed by atoms with Crippen molar-refractivity contribution in [3.8, 4) is 23.7 Å². The van der Waals surface area contributed by atoms with Gasteiger partial charge in [-0.25, -0.2) is 0 Å². The fourth-order valence-electron chi connectivity index (χ4n) is 1.32. The first-order valence-corrected chi connectivity index (χ1v) is 6.04. The monoisotopic (exact) mass is 270 g/mol. The lowest BCUT2D eigenvalue weighted by Gasteiger charge is -1.92. The second kappa shape index (κ2) is 6.18. The third-order valence-corrected chi connectivity index (χ3v) is 2.86. The largest absolute Gasteiger partial charge is 0.0830 e. The van der Waals surface area contributed by atoms with Crippen molar-refractivity contribution in [2.45, 2.75) is 0 Å². The van der Waals surface area contributed by atoms with Crippen LogP contribution in [0.4, 0.5) is 0 Å². The SMILES string of the molecule is Clc1ccccc1C#CC#Cc1ccccc1Cl. The Hall–Kier alpha value is -1.86. The highest BCUT2D eigenvalue weighted by atomic mass is 35.5. The molecule has 2 rings (SSSR count). The Balaban J connectivity index is 2.20. The third kappa shape index (κ3) is 3.31. The molecule has 0 bridgehead atoms. The van der Waals surface area contributed by atoms with Crippen molar-refractivity contribution >= 4 is 23.2 Å². The molecule has 0 nitrogen and oxygen atoms in total. The Labute approximate surface area is 117 Å². The van der Waals surface area contributed by atoms with Gasteiger partial charge in [-0.3, -0.25) is 0 Å². The molecule has 0 atom stereocenters. The summed E-state index contributed by atoms with van der Waals surface area (Å²) in [6.45, 7) is 0. The minimum absolute atomic E-state index is 0.629. The second-order valence-corrected chi connectivity index (χ2v) is 4.27. The zero-order valence-corrected chi connectivity index (χ0v) is 10.9. The van der Waals surface area contributed by atoms with Crippen LogP contribution in [0.25, 0.3) is 0 Å². The fourth-order valence-corrected chi connectivity index (χ4v) is 1.69. The van der Waals surface area contributed by atoms with E-state index in [4.69, 9.17) is 23.2 Å². The molecule has 0 heterocycles. The molecule has 0 N–H and O–H groups in total. The zero-order valence-electron chi connectivity index (χ0n) is 9.37. The average molecular weight is 271 g/mol. The van der Waals surface area contributed by atoms with Crippen molar-refractivity contribution in [2.75, 3.05) is 0 Å². The molecule has 0 amide bonds. The summed E-state index contributed by atoms with van der Waals surface area (Å²) >= 11 is 11.9. The molecule has 0 radical (unpaired) electrons. The van der Waals surface area contributed by atoms with Crippen molar-refractivity contribution in [1.29, 1.82) is 0 Å². The van der Waals surface area contributed by atoms with Gasteiger partial charge in [0, 0.05) is 11.1 Å². The molecule has 0 aliphatic carbocycles. The maximum Gasteiger partial charge on any atom is 0.0562 e. The minimum Gasteiger partial charge on any atom is -0.0830 e. The van der Waals surface area contributed by atoms with Crippen molar-refractivity contribution in [2.24, 2.45) is 0 Å². The summed E-state index contributed by atoms with van der Waals surface area (Å²) in [5.41, 5.74) is 1.54. The van der Waals surface area contributed by atoms with E-state index in [2.05, 4.69) is 23.7 Å². The van der Waals surface area contributed by atoms with E-state index < -0.39 is 0 Å². The van der Waals surface area contributed by atoms with Crippen LogP contribution in [-0.2, 0) is 0 Å². The maximum absolute atomic E-state index is 5.97. The number of benzene rings is 2. The number of hydrogen-bond donors (Lipinski definition) is 0. The molecule has 0 fully saturated rings. The first kappa shape index (κ1) is 12.6. The topological polar surface area (TPSA) is 0 Å². The zero-order chi connectivity index (χ0) is 12.8. The number of hydrogen-bond acceptors (Lipinski definition) is 0. The van der Waals surface area contributed by atoms with Gasteiger partial charge in [-0.1, -0.05) is 59.3 Å². The number of rotatable bonds is 0. The lowest BCUT2D eigenvalue weighted by atomic mass is 10.2. The minimum atomic E-state index is 0.629. The van der Waals surface area contributed by atoms with Crippen LogP contribution in [0, 0.1) is 23.7 Å². The van der Waals surface area contributed by atoms with Gasteiger partial charge < -0.3 is 0 Å². The molecule has 2 aromatic carbocycles. The molecule has 0 saturated carbocycles. The van der Waals surface area contributed by atoms with Gasteiger partial charge in [-0.15, -0.1) is 0 Å². The van der Waals surface area contributed by atoms with Crippen LogP contribution in [0.15, 0.2) is 48.5 Å². The first-order chi connectivity index (χ1) is 8.77. The van der Waals surface area contributed by atoms with Crippen molar-refractivity contribution in [3.05, 3.63) is 69.7 Å². The lowest BCUT2D eigenvalue weighted by molar-refractivity contribution is 1.64. The summed E-state index contributed by atoms with van der Waals surface area (Å²) in [5.74, 6) is 11.3. The van der Waals surface area contributed by atoms with Crippen LogP contribution in [-0.4, -0.2) is 0 Å². The standard InChI is InChI=1S/C16H8Cl2/c17-15-11-5-3-9-13(15)7-1-2-8-14-10-4-6-12-16(14)18/h3-6,9-12H. The van der Waals surface area contributed by atoms with Gasteiger partial charge >= 0.3 is 0 Å². The van der Waals surface area contributed by atoms with E-state index in [0.29, 0.717) is 10.0 Å². The molecule has 0 unspecified atom stereocenters. The van der Waals surface area contributed by atoms with Crippen LogP contribution in [0.2, 0.25) is 10.0 Å². The van der Waals surface area contributed by atoms with E-state index in [-0.39, 0.29) is 0 Å². The highest BCUT2D eigenvalue weighted by Crippen LogP contribution is 2.13. The molecule has 0 saturated heterocycles. The van der Waals surface area contributed by atoms with Gasteiger partial charge in [0.25, 0.3) is 0 Å². The predicted octanol–water partition coefficient (Wildman–Crippen LogP) is 4.40. The third-order valence-electron chi connectivity index (χ3n) is 2.20. The van der Waals surface area contributed by atoms with Crippen molar-refractivity contribution in [1.82, 2.24) is 0 Å². The average Bonchev–Trinajstić information content (AvgIpc) is 2.38. The number of halogens is 2. The molecule has 0 spiro atoms. The van der Waals surface area contributed by atoms with Crippen LogP contribution in [0.1, 0.15) is 11.1 Å². The summed E-state index contributed by atoms with van der Waals surface area (Å²) < 4.78 is 0. The molecule has 86 valence electrons. The Morgan fingerprint density at radius 3 is 1.39 bits per heavy atom. The van der Waals surface area contributed by atoms with E-state index in [1.54, 1.807) is 12.1 Å². The predicted molar refractivity (Wildman–Crippen MR) is 76.7 cm³/mol. The Morgan fingerprint density at radius 1 is 0.611 bits per heavy atom. The van der Waals surface area contributed by atoms with Gasteiger partial charge in [0.2, 0.25) is 0 Å². The Morgan fingerprint density at radius 2 is 1.00 bits per heavy atom. The molecule has 0 aliphatic rings. The molecular weight excluding hydrogens is 263 g/mol. The van der Waals surface area contributed by atoms with Gasteiger partial charge in [0.15, 0.2) is 0 Å². The molecule has 0 aliphatic heterocycles. The summed E-state index contributed by atoms with van der Waals surface area (Å²) in [6.07, 6.45) is 0. The maximum atomic E-state index is 5.97. The van der Waals surface area contributed by atoms with Crippen molar-refractivity contribution < 1.29 is 0 Å². The van der Waals surface area contributed by atoms with Crippen LogP contribution in [0.5, 0.6) is 0 Å². The summed E-state index contributed by atoms with van der Waals surface area (Å²) in [4.78, 5) is 0. The van der Waals surface area contributed by atoms with E-state index in [0.717, 1.165) is 11.1 Å².